The highest BCUT2D eigenvalue weighted by molar-refractivity contribution is 5.91. The number of amides is 1. The van der Waals surface area contributed by atoms with E-state index in [-0.39, 0.29) is 18.5 Å². The molecule has 0 bridgehead atoms. The van der Waals surface area contributed by atoms with Gasteiger partial charge in [0, 0.05) is 18.1 Å². The molecule has 2 aromatic carbocycles. The van der Waals surface area contributed by atoms with Crippen LogP contribution in [0.1, 0.15) is 31.7 Å². The summed E-state index contributed by atoms with van der Waals surface area (Å²) in [5.74, 6) is 1.49. The van der Waals surface area contributed by atoms with Crippen molar-refractivity contribution in [3.8, 4) is 17.5 Å². The molecule has 144 valence electrons. The number of carbonyl (C=O) groups excluding carboxylic acids is 1. The molecule has 0 radical (unpaired) electrons. The summed E-state index contributed by atoms with van der Waals surface area (Å²) < 4.78 is 11.3. The zero-order valence-electron chi connectivity index (χ0n) is 16.0. The Kier molecular flexibility index (Phi) is 6.57. The van der Waals surface area contributed by atoms with Gasteiger partial charge in [-0.25, -0.2) is 9.97 Å². The highest BCUT2D eigenvalue weighted by Gasteiger charge is 2.11. The van der Waals surface area contributed by atoms with Crippen LogP contribution >= 0.6 is 0 Å². The second-order valence-corrected chi connectivity index (χ2v) is 6.34. The average molecular weight is 377 g/mol. The molecule has 0 fully saturated rings. The summed E-state index contributed by atoms with van der Waals surface area (Å²) in [6, 6.07) is 16.8. The van der Waals surface area contributed by atoms with Gasteiger partial charge in [0.25, 0.3) is 5.91 Å². The molecule has 1 N–H and O–H groups in total. The molecule has 6 nitrogen and oxygen atoms in total. The predicted molar refractivity (Wildman–Crippen MR) is 108 cm³/mol. The third kappa shape index (κ3) is 5.30. The van der Waals surface area contributed by atoms with Crippen molar-refractivity contribution in [3.05, 3.63) is 72.6 Å². The molecule has 3 aromatic rings. The van der Waals surface area contributed by atoms with Gasteiger partial charge in [0.15, 0.2) is 6.61 Å². The second-order valence-electron chi connectivity index (χ2n) is 6.34. The van der Waals surface area contributed by atoms with E-state index in [2.05, 4.69) is 29.1 Å². The molecular formula is C22H23N3O3. The summed E-state index contributed by atoms with van der Waals surface area (Å²) >= 11 is 0. The molecule has 0 saturated carbocycles. The van der Waals surface area contributed by atoms with Crippen LogP contribution in [0.2, 0.25) is 0 Å². The summed E-state index contributed by atoms with van der Waals surface area (Å²) in [4.78, 5) is 20.2. The smallest absolute Gasteiger partial charge is 0.321 e. The number of carbonyl (C=O) groups is 1. The lowest BCUT2D eigenvalue weighted by atomic mass is 9.98. The van der Waals surface area contributed by atoms with Gasteiger partial charge in [-0.2, -0.15) is 0 Å². The fraction of sp³-hybridized carbons (Fsp3) is 0.227. The average Bonchev–Trinajstić information content (AvgIpc) is 2.74. The van der Waals surface area contributed by atoms with E-state index in [1.165, 1.54) is 0 Å². The largest absolute Gasteiger partial charge is 0.483 e. The maximum atomic E-state index is 12.2. The van der Waals surface area contributed by atoms with Crippen LogP contribution in [-0.2, 0) is 4.79 Å². The number of hydrogen-bond acceptors (Lipinski definition) is 5. The van der Waals surface area contributed by atoms with Gasteiger partial charge in [-0.3, -0.25) is 4.79 Å². The Bertz CT molecular complexity index is 898. The monoisotopic (exact) mass is 377 g/mol. The number of hydrogen-bond donors (Lipinski definition) is 1. The van der Waals surface area contributed by atoms with Crippen molar-refractivity contribution in [2.75, 3.05) is 11.9 Å². The molecule has 1 heterocycles. The van der Waals surface area contributed by atoms with Gasteiger partial charge in [0.2, 0.25) is 0 Å². The van der Waals surface area contributed by atoms with E-state index in [0.717, 1.165) is 17.7 Å². The van der Waals surface area contributed by atoms with Crippen molar-refractivity contribution >= 4 is 11.6 Å². The molecule has 3 rings (SSSR count). The summed E-state index contributed by atoms with van der Waals surface area (Å²) in [6.07, 6.45) is 4.22. The minimum Gasteiger partial charge on any atom is -0.483 e. The fourth-order valence-electron chi connectivity index (χ4n) is 2.63. The zero-order chi connectivity index (χ0) is 19.8. The number of anilines is 1. The summed E-state index contributed by atoms with van der Waals surface area (Å²) in [5, 5.41) is 2.82. The topological polar surface area (TPSA) is 73.3 Å². The van der Waals surface area contributed by atoms with Gasteiger partial charge in [-0.15, -0.1) is 0 Å². The summed E-state index contributed by atoms with van der Waals surface area (Å²) in [7, 11) is 0. The Balaban J connectivity index is 1.54. The molecule has 0 aliphatic heterocycles. The Morgan fingerprint density at radius 2 is 1.75 bits per heavy atom. The highest BCUT2D eigenvalue weighted by atomic mass is 16.5. The Labute approximate surface area is 164 Å². The molecule has 28 heavy (non-hydrogen) atoms. The zero-order valence-corrected chi connectivity index (χ0v) is 16.0. The van der Waals surface area contributed by atoms with Crippen molar-refractivity contribution in [3.63, 3.8) is 0 Å². The van der Waals surface area contributed by atoms with Crippen LogP contribution in [0.4, 0.5) is 5.69 Å². The number of nitrogens with zero attached hydrogens (tertiary/aromatic N) is 2. The first-order valence-corrected chi connectivity index (χ1v) is 9.22. The number of nitrogens with one attached hydrogen (secondary N) is 1. The van der Waals surface area contributed by atoms with Crippen molar-refractivity contribution in [2.24, 2.45) is 0 Å². The number of benzene rings is 2. The molecule has 0 aliphatic carbocycles. The van der Waals surface area contributed by atoms with E-state index in [1.54, 1.807) is 42.7 Å². The Hall–Kier alpha value is -3.41. The van der Waals surface area contributed by atoms with Crippen LogP contribution in [0.25, 0.3) is 0 Å². The van der Waals surface area contributed by atoms with Crippen LogP contribution in [0, 0.1) is 0 Å². The van der Waals surface area contributed by atoms with E-state index in [1.807, 2.05) is 24.3 Å². The molecular weight excluding hydrogens is 354 g/mol. The minimum absolute atomic E-state index is 0.0520. The van der Waals surface area contributed by atoms with E-state index >= 15 is 0 Å². The lowest BCUT2D eigenvalue weighted by molar-refractivity contribution is -0.118. The van der Waals surface area contributed by atoms with Gasteiger partial charge in [0.05, 0.1) is 0 Å². The van der Waals surface area contributed by atoms with Gasteiger partial charge in [-0.05, 0) is 54.3 Å². The number of aromatic nitrogens is 2. The molecule has 0 saturated heterocycles. The van der Waals surface area contributed by atoms with Crippen LogP contribution in [-0.4, -0.2) is 22.5 Å². The number of para-hydroxylation sites is 1. The van der Waals surface area contributed by atoms with Gasteiger partial charge in [0.1, 0.15) is 11.5 Å². The molecule has 1 atom stereocenters. The maximum Gasteiger partial charge on any atom is 0.321 e. The third-order valence-corrected chi connectivity index (χ3v) is 4.31. The van der Waals surface area contributed by atoms with E-state index < -0.39 is 0 Å². The third-order valence-electron chi connectivity index (χ3n) is 4.31. The maximum absolute atomic E-state index is 12.2. The first-order valence-electron chi connectivity index (χ1n) is 9.22. The van der Waals surface area contributed by atoms with Gasteiger partial charge < -0.3 is 14.8 Å². The highest BCUT2D eigenvalue weighted by Crippen LogP contribution is 2.28. The van der Waals surface area contributed by atoms with Gasteiger partial charge in [-0.1, -0.05) is 32.0 Å². The van der Waals surface area contributed by atoms with Crippen molar-refractivity contribution in [2.45, 2.75) is 26.2 Å². The van der Waals surface area contributed by atoms with Gasteiger partial charge >= 0.3 is 6.01 Å². The van der Waals surface area contributed by atoms with Crippen LogP contribution < -0.4 is 14.8 Å². The Morgan fingerprint density at radius 3 is 2.46 bits per heavy atom. The lowest BCUT2D eigenvalue weighted by Gasteiger charge is -2.15. The van der Waals surface area contributed by atoms with E-state index in [9.17, 15) is 4.79 Å². The normalized spacial score (nSPS) is 11.5. The molecule has 0 aliphatic rings. The fourth-order valence-corrected chi connectivity index (χ4v) is 2.63. The standard InChI is InChI=1S/C22H23N3O3/c1-3-16(2)19-7-4-5-8-20(19)27-15-21(26)25-17-9-11-18(12-10-17)28-22-23-13-6-14-24-22/h4-14,16H,3,15H2,1-2H3,(H,25,26). The first-order chi connectivity index (χ1) is 13.7. The van der Waals surface area contributed by atoms with Crippen molar-refractivity contribution in [1.29, 1.82) is 0 Å². The molecule has 6 heteroatoms. The minimum atomic E-state index is -0.223. The van der Waals surface area contributed by atoms with Crippen LogP contribution in [0.3, 0.4) is 0 Å². The molecule has 1 aromatic heterocycles. The van der Waals surface area contributed by atoms with Crippen LogP contribution in [0.15, 0.2) is 67.0 Å². The number of rotatable bonds is 8. The SMILES string of the molecule is CCC(C)c1ccccc1OCC(=O)Nc1ccc(Oc2ncccn2)cc1. The summed E-state index contributed by atoms with van der Waals surface area (Å²) in [5.41, 5.74) is 1.77. The van der Waals surface area contributed by atoms with E-state index in [4.69, 9.17) is 9.47 Å². The lowest BCUT2D eigenvalue weighted by Crippen LogP contribution is -2.20. The predicted octanol–water partition coefficient (Wildman–Crippen LogP) is 4.80. The molecule has 0 spiro atoms. The Morgan fingerprint density at radius 1 is 1.04 bits per heavy atom. The van der Waals surface area contributed by atoms with Crippen LogP contribution in [0.5, 0.6) is 17.5 Å². The molecule has 1 unspecified atom stereocenters. The van der Waals surface area contributed by atoms with E-state index in [0.29, 0.717) is 17.4 Å². The first kappa shape index (κ1) is 19.4. The van der Waals surface area contributed by atoms with Crippen molar-refractivity contribution in [1.82, 2.24) is 9.97 Å². The number of ether oxygens (including phenoxy) is 2. The second kappa shape index (κ2) is 9.50. The quantitative estimate of drug-likeness (QED) is 0.610. The van der Waals surface area contributed by atoms with Crippen molar-refractivity contribution < 1.29 is 14.3 Å². The summed E-state index contributed by atoms with van der Waals surface area (Å²) in [6.45, 7) is 4.22. The molecule has 1 amide bonds.